The first kappa shape index (κ1) is 24.2. The Bertz CT molecular complexity index is 1100. The number of nitrogens with zero attached hydrogens (tertiary/aromatic N) is 2. The van der Waals surface area contributed by atoms with Gasteiger partial charge in [0.25, 0.3) is 5.91 Å². The van der Waals surface area contributed by atoms with E-state index in [-0.39, 0.29) is 31.4 Å². The predicted molar refractivity (Wildman–Crippen MR) is 130 cm³/mol. The molecular formula is C26H27N3O6. The molecule has 2 aromatic carbocycles. The van der Waals surface area contributed by atoms with Gasteiger partial charge in [-0.05, 0) is 29.8 Å². The summed E-state index contributed by atoms with van der Waals surface area (Å²) in [6.07, 6.45) is 4.31. The molecule has 2 N–H and O–H groups in total. The number of aliphatic hydroxyl groups is 1. The number of benzene rings is 2. The highest BCUT2D eigenvalue weighted by Gasteiger charge is 2.36. The number of rotatable bonds is 6. The van der Waals surface area contributed by atoms with E-state index in [9.17, 15) is 19.5 Å². The number of carbonyl (C=O) groups is 3. The molecule has 0 radical (unpaired) electrons. The van der Waals surface area contributed by atoms with Crippen molar-refractivity contribution in [3.05, 3.63) is 78.4 Å². The number of allylic oxidation sites excluding steroid dienone is 2. The van der Waals surface area contributed by atoms with E-state index in [0.29, 0.717) is 24.5 Å². The zero-order chi connectivity index (χ0) is 24.6. The van der Waals surface area contributed by atoms with Crippen molar-refractivity contribution in [2.24, 2.45) is 0 Å². The first-order valence-corrected chi connectivity index (χ1v) is 11.3. The van der Waals surface area contributed by atoms with Crippen molar-refractivity contribution < 1.29 is 29.0 Å². The van der Waals surface area contributed by atoms with Crippen LogP contribution in [0.3, 0.4) is 0 Å². The molecule has 2 aromatic rings. The Hall–Kier alpha value is -3.95. The summed E-state index contributed by atoms with van der Waals surface area (Å²) in [5, 5.41) is 12.6. The molecule has 3 amide bonds. The molecule has 0 spiro atoms. The van der Waals surface area contributed by atoms with Gasteiger partial charge < -0.3 is 24.4 Å². The monoisotopic (exact) mass is 477 g/mol. The zero-order valence-electron chi connectivity index (χ0n) is 19.1. The van der Waals surface area contributed by atoms with Crippen LogP contribution in [0.1, 0.15) is 12.0 Å². The molecule has 9 nitrogen and oxygen atoms in total. The fourth-order valence-electron chi connectivity index (χ4n) is 3.87. The van der Waals surface area contributed by atoms with E-state index in [1.165, 1.54) is 11.0 Å². The number of β-amino-alcohol motifs (C(OH)–C–C–N with tert-alkyl or cyclic N) is 1. The molecule has 4 rings (SSSR count). The van der Waals surface area contributed by atoms with Gasteiger partial charge in [0.15, 0.2) is 6.23 Å². The summed E-state index contributed by atoms with van der Waals surface area (Å²) in [6, 6.07) is 16.4. The Morgan fingerprint density at radius 2 is 1.86 bits per heavy atom. The van der Waals surface area contributed by atoms with Crippen LogP contribution in [0.25, 0.3) is 6.08 Å². The Kier molecular flexibility index (Phi) is 7.92. The Labute approximate surface area is 203 Å². The van der Waals surface area contributed by atoms with Crippen LogP contribution in [0.2, 0.25) is 0 Å². The first-order valence-electron chi connectivity index (χ1n) is 11.3. The third-order valence-electron chi connectivity index (χ3n) is 5.60. The lowest BCUT2D eigenvalue weighted by atomic mass is 10.2. The average Bonchev–Trinajstić information content (AvgIpc) is 3.23. The molecule has 182 valence electrons. The van der Waals surface area contributed by atoms with E-state index in [2.05, 4.69) is 5.32 Å². The maximum Gasteiger partial charge on any atom is 0.413 e. The van der Waals surface area contributed by atoms with E-state index in [0.717, 1.165) is 5.56 Å². The summed E-state index contributed by atoms with van der Waals surface area (Å²) in [4.78, 5) is 40.0. The SMILES string of the molecule is O=C(Nc1ccc(N2CCOCC2=O)cc1)O[C@@H]1C[C@@H](O)CN1C(=O)C=CC=Cc1ccccc1. The Balaban J connectivity index is 1.31. The summed E-state index contributed by atoms with van der Waals surface area (Å²) < 4.78 is 10.6. The smallest absolute Gasteiger partial charge is 0.413 e. The highest BCUT2D eigenvalue weighted by Crippen LogP contribution is 2.22. The van der Waals surface area contributed by atoms with Crippen molar-refractivity contribution in [2.75, 3.05) is 36.5 Å². The minimum Gasteiger partial charge on any atom is -0.425 e. The predicted octanol–water partition coefficient (Wildman–Crippen LogP) is 2.79. The van der Waals surface area contributed by atoms with Gasteiger partial charge in [-0.2, -0.15) is 0 Å². The maximum absolute atomic E-state index is 12.6. The van der Waals surface area contributed by atoms with E-state index in [1.54, 1.807) is 41.3 Å². The molecule has 2 heterocycles. The first-order chi connectivity index (χ1) is 17.0. The van der Waals surface area contributed by atoms with Crippen LogP contribution in [0, 0.1) is 0 Å². The molecule has 2 fully saturated rings. The molecule has 2 atom stereocenters. The topological polar surface area (TPSA) is 108 Å². The molecule has 0 aromatic heterocycles. The summed E-state index contributed by atoms with van der Waals surface area (Å²) in [6.45, 7) is 1.07. The number of likely N-dealkylation sites (tertiary alicyclic amines) is 1. The van der Waals surface area contributed by atoms with Crippen molar-refractivity contribution in [3.63, 3.8) is 0 Å². The van der Waals surface area contributed by atoms with Gasteiger partial charge in [-0.3, -0.25) is 14.9 Å². The summed E-state index contributed by atoms with van der Waals surface area (Å²) in [5.74, 6) is -0.484. The Morgan fingerprint density at radius 3 is 2.60 bits per heavy atom. The quantitative estimate of drug-likeness (QED) is 0.489. The third-order valence-corrected chi connectivity index (χ3v) is 5.60. The van der Waals surface area contributed by atoms with Crippen molar-refractivity contribution >= 4 is 35.4 Å². The molecule has 2 saturated heterocycles. The minimum absolute atomic E-state index is 0.0489. The molecule has 0 aliphatic carbocycles. The van der Waals surface area contributed by atoms with Gasteiger partial charge >= 0.3 is 6.09 Å². The van der Waals surface area contributed by atoms with Gasteiger partial charge in [0, 0.05) is 30.4 Å². The van der Waals surface area contributed by atoms with Crippen LogP contribution < -0.4 is 10.2 Å². The number of amides is 3. The van der Waals surface area contributed by atoms with Crippen LogP contribution >= 0.6 is 0 Å². The maximum atomic E-state index is 12.6. The number of nitrogens with one attached hydrogen (secondary N) is 1. The van der Waals surface area contributed by atoms with E-state index >= 15 is 0 Å². The highest BCUT2D eigenvalue weighted by atomic mass is 16.6. The lowest BCUT2D eigenvalue weighted by Crippen LogP contribution is -2.41. The van der Waals surface area contributed by atoms with Gasteiger partial charge in [-0.15, -0.1) is 0 Å². The lowest BCUT2D eigenvalue weighted by molar-refractivity contribution is -0.132. The van der Waals surface area contributed by atoms with Gasteiger partial charge in [-0.25, -0.2) is 4.79 Å². The van der Waals surface area contributed by atoms with E-state index in [4.69, 9.17) is 9.47 Å². The summed E-state index contributed by atoms with van der Waals surface area (Å²) >= 11 is 0. The van der Waals surface area contributed by atoms with Crippen LogP contribution in [0.4, 0.5) is 16.2 Å². The van der Waals surface area contributed by atoms with Gasteiger partial charge in [0.05, 0.1) is 19.3 Å². The van der Waals surface area contributed by atoms with E-state index < -0.39 is 18.4 Å². The van der Waals surface area contributed by atoms with Crippen molar-refractivity contribution in [1.82, 2.24) is 4.90 Å². The van der Waals surface area contributed by atoms with Crippen molar-refractivity contribution in [3.8, 4) is 0 Å². The number of ether oxygens (including phenoxy) is 2. The number of morpholine rings is 1. The summed E-state index contributed by atoms with van der Waals surface area (Å²) in [5.41, 5.74) is 2.19. The fraction of sp³-hybridized carbons (Fsp3) is 0.269. The molecule has 2 aliphatic heterocycles. The zero-order valence-corrected chi connectivity index (χ0v) is 19.1. The number of hydrogen-bond acceptors (Lipinski definition) is 6. The van der Waals surface area contributed by atoms with Crippen molar-refractivity contribution in [1.29, 1.82) is 0 Å². The second kappa shape index (κ2) is 11.5. The van der Waals surface area contributed by atoms with Gasteiger partial charge in [-0.1, -0.05) is 48.6 Å². The molecule has 35 heavy (non-hydrogen) atoms. The second-order valence-corrected chi connectivity index (χ2v) is 8.14. The molecule has 0 unspecified atom stereocenters. The van der Waals surface area contributed by atoms with Crippen LogP contribution in [-0.2, 0) is 19.1 Å². The summed E-state index contributed by atoms with van der Waals surface area (Å²) in [7, 11) is 0. The molecule has 9 heteroatoms. The second-order valence-electron chi connectivity index (χ2n) is 8.14. The van der Waals surface area contributed by atoms with Crippen molar-refractivity contribution in [2.45, 2.75) is 18.8 Å². The normalized spacial score (nSPS) is 20.5. The number of aliphatic hydroxyl groups excluding tert-OH is 1. The third kappa shape index (κ3) is 6.56. The Morgan fingerprint density at radius 1 is 1.09 bits per heavy atom. The van der Waals surface area contributed by atoms with Crippen LogP contribution in [0.15, 0.2) is 72.8 Å². The molecule has 0 saturated carbocycles. The standard InChI is InChI=1S/C26H27N3O6/c30-22-16-25(29(17-22)23(31)9-5-4-8-19-6-2-1-3-7-19)35-26(33)27-20-10-12-21(13-11-20)28-14-15-34-18-24(28)32/h1-13,22,25,30H,14-18H2,(H,27,33)/t22-,25-/m1/s1. The average molecular weight is 478 g/mol. The number of hydrogen-bond donors (Lipinski definition) is 2. The molecule has 0 bridgehead atoms. The molecule has 2 aliphatic rings. The van der Waals surface area contributed by atoms with Crippen LogP contribution in [0.5, 0.6) is 0 Å². The lowest BCUT2D eigenvalue weighted by Gasteiger charge is -2.27. The molecular weight excluding hydrogens is 450 g/mol. The highest BCUT2D eigenvalue weighted by molar-refractivity contribution is 5.95. The fourth-order valence-corrected chi connectivity index (χ4v) is 3.87. The van der Waals surface area contributed by atoms with Gasteiger partial charge in [0.2, 0.25) is 5.91 Å². The van der Waals surface area contributed by atoms with E-state index in [1.807, 2.05) is 36.4 Å². The number of carbonyl (C=O) groups excluding carboxylic acids is 3. The largest absolute Gasteiger partial charge is 0.425 e. The van der Waals surface area contributed by atoms with Crippen LogP contribution in [-0.4, -0.2) is 66.5 Å². The number of anilines is 2. The van der Waals surface area contributed by atoms with Gasteiger partial charge in [0.1, 0.15) is 6.61 Å². The minimum atomic E-state index is -0.884.